The summed E-state index contributed by atoms with van der Waals surface area (Å²) < 4.78 is 5.15. The maximum Gasteiger partial charge on any atom is 0.176 e. The normalized spacial score (nSPS) is 12.3. The van der Waals surface area contributed by atoms with Crippen LogP contribution in [0.4, 0.5) is 0 Å². The highest BCUT2D eigenvalue weighted by atomic mass is 79.9. The number of Topliss-reactive ketones (excluding diaryl/α,β-unsaturated/α-hetero) is 1. The number of halogens is 1. The number of alkyl halides is 1. The fraction of sp³-hybridized carbons (Fsp3) is 0.364. The third kappa shape index (κ3) is 2.15. The van der Waals surface area contributed by atoms with Crippen LogP contribution in [0.5, 0.6) is 5.75 Å². The highest BCUT2D eigenvalue weighted by molar-refractivity contribution is 9.10. The van der Waals surface area contributed by atoms with Crippen LogP contribution < -0.4 is 4.74 Å². The van der Waals surface area contributed by atoms with Gasteiger partial charge in [0, 0.05) is 11.1 Å². The van der Waals surface area contributed by atoms with Crippen molar-refractivity contribution in [3.63, 3.8) is 0 Å². The van der Waals surface area contributed by atoms with Crippen LogP contribution in [0.2, 0.25) is 0 Å². The van der Waals surface area contributed by atoms with Gasteiger partial charge in [-0.25, -0.2) is 0 Å². The molecule has 0 spiro atoms. The molecule has 0 amide bonds. The van der Waals surface area contributed by atoms with Gasteiger partial charge in [-0.05, 0) is 19.9 Å². The minimum absolute atomic E-state index is 0.0846. The Labute approximate surface area is 92.4 Å². The highest BCUT2D eigenvalue weighted by Crippen LogP contribution is 2.23. The predicted molar refractivity (Wildman–Crippen MR) is 60.5 cm³/mol. The number of ketones is 1. The molecular weight excluding hydrogens is 244 g/mol. The Bertz CT molecular complexity index is 345. The minimum atomic E-state index is -0.159. The van der Waals surface area contributed by atoms with Crippen molar-refractivity contribution in [1.29, 1.82) is 0 Å². The summed E-state index contributed by atoms with van der Waals surface area (Å²) in [5.74, 6) is 0.838. The predicted octanol–water partition coefficient (Wildman–Crippen LogP) is 2.97. The standard InChI is InChI=1S/C11H13BrO2/c1-7-9(11(13)8(2)12)5-4-6-10(7)14-3/h4-6,8H,1-3H3. The van der Waals surface area contributed by atoms with Crippen LogP contribution in [0, 0.1) is 6.92 Å². The number of hydrogen-bond donors (Lipinski definition) is 0. The van der Waals surface area contributed by atoms with Crippen molar-refractivity contribution in [3.8, 4) is 5.75 Å². The molecule has 0 aliphatic carbocycles. The number of benzene rings is 1. The summed E-state index contributed by atoms with van der Waals surface area (Å²) in [5, 5.41) is 0. The van der Waals surface area contributed by atoms with Crippen LogP contribution in [0.25, 0.3) is 0 Å². The van der Waals surface area contributed by atoms with E-state index < -0.39 is 0 Å². The summed E-state index contributed by atoms with van der Waals surface area (Å²) in [5.41, 5.74) is 1.61. The van der Waals surface area contributed by atoms with Gasteiger partial charge in [0.2, 0.25) is 0 Å². The van der Waals surface area contributed by atoms with Crippen LogP contribution in [0.1, 0.15) is 22.8 Å². The molecule has 0 fully saturated rings. The molecule has 0 saturated heterocycles. The van der Waals surface area contributed by atoms with Gasteiger partial charge in [0.25, 0.3) is 0 Å². The molecule has 14 heavy (non-hydrogen) atoms. The van der Waals surface area contributed by atoms with Gasteiger partial charge in [-0.2, -0.15) is 0 Å². The zero-order valence-corrected chi connectivity index (χ0v) is 10.1. The first-order chi connectivity index (χ1) is 6.57. The second-order valence-corrected chi connectivity index (χ2v) is 4.49. The Morgan fingerprint density at radius 2 is 2.14 bits per heavy atom. The van der Waals surface area contributed by atoms with Crippen molar-refractivity contribution < 1.29 is 9.53 Å². The average Bonchev–Trinajstić information content (AvgIpc) is 2.17. The molecule has 2 nitrogen and oxygen atoms in total. The fourth-order valence-electron chi connectivity index (χ4n) is 1.32. The molecule has 0 heterocycles. The van der Waals surface area contributed by atoms with Crippen molar-refractivity contribution in [1.82, 2.24) is 0 Å². The Hall–Kier alpha value is -0.830. The summed E-state index contributed by atoms with van der Waals surface area (Å²) in [7, 11) is 1.61. The van der Waals surface area contributed by atoms with Crippen LogP contribution >= 0.6 is 15.9 Å². The van der Waals surface area contributed by atoms with Crippen molar-refractivity contribution in [2.24, 2.45) is 0 Å². The minimum Gasteiger partial charge on any atom is -0.496 e. The molecule has 3 heteroatoms. The van der Waals surface area contributed by atoms with E-state index in [9.17, 15) is 4.79 Å². The van der Waals surface area contributed by atoms with Crippen LogP contribution in [-0.4, -0.2) is 17.7 Å². The smallest absolute Gasteiger partial charge is 0.176 e. The van der Waals surface area contributed by atoms with E-state index in [-0.39, 0.29) is 10.6 Å². The SMILES string of the molecule is COc1cccc(C(=O)C(C)Br)c1C. The first-order valence-electron chi connectivity index (χ1n) is 4.39. The lowest BCUT2D eigenvalue weighted by Gasteiger charge is -2.10. The maximum absolute atomic E-state index is 11.7. The second kappa shape index (κ2) is 4.60. The van der Waals surface area contributed by atoms with E-state index in [1.165, 1.54) is 0 Å². The van der Waals surface area contributed by atoms with E-state index >= 15 is 0 Å². The van der Waals surface area contributed by atoms with Gasteiger partial charge in [-0.15, -0.1) is 0 Å². The summed E-state index contributed by atoms with van der Waals surface area (Å²) in [6, 6.07) is 5.50. The average molecular weight is 257 g/mol. The molecule has 0 aliphatic rings. The molecule has 1 aromatic rings. The molecule has 0 saturated carbocycles. The maximum atomic E-state index is 11.7. The largest absolute Gasteiger partial charge is 0.496 e. The van der Waals surface area contributed by atoms with E-state index in [4.69, 9.17) is 4.74 Å². The zero-order chi connectivity index (χ0) is 10.7. The lowest BCUT2D eigenvalue weighted by atomic mass is 10.0. The number of ether oxygens (including phenoxy) is 1. The van der Waals surface area contributed by atoms with Gasteiger partial charge in [0.05, 0.1) is 11.9 Å². The Balaban J connectivity index is 3.16. The zero-order valence-electron chi connectivity index (χ0n) is 8.50. The van der Waals surface area contributed by atoms with Crippen molar-refractivity contribution in [2.45, 2.75) is 18.7 Å². The quantitative estimate of drug-likeness (QED) is 0.614. The van der Waals surface area contributed by atoms with Gasteiger partial charge >= 0.3 is 0 Å². The van der Waals surface area contributed by atoms with Gasteiger partial charge in [-0.1, -0.05) is 28.1 Å². The van der Waals surface area contributed by atoms with E-state index in [2.05, 4.69) is 15.9 Å². The highest BCUT2D eigenvalue weighted by Gasteiger charge is 2.15. The Morgan fingerprint density at radius 1 is 1.50 bits per heavy atom. The molecule has 1 rings (SSSR count). The lowest BCUT2D eigenvalue weighted by molar-refractivity contribution is 0.0995. The van der Waals surface area contributed by atoms with Gasteiger partial charge < -0.3 is 4.74 Å². The molecule has 0 aromatic heterocycles. The molecule has 0 bridgehead atoms. The van der Waals surface area contributed by atoms with Crippen LogP contribution in [0.3, 0.4) is 0 Å². The van der Waals surface area contributed by atoms with Gasteiger partial charge in [0.1, 0.15) is 5.75 Å². The van der Waals surface area contributed by atoms with Crippen molar-refractivity contribution in [3.05, 3.63) is 29.3 Å². The molecule has 1 aromatic carbocycles. The van der Waals surface area contributed by atoms with Crippen LogP contribution in [-0.2, 0) is 0 Å². The van der Waals surface area contributed by atoms with Crippen molar-refractivity contribution in [2.75, 3.05) is 7.11 Å². The fourth-order valence-corrected chi connectivity index (χ4v) is 1.56. The van der Waals surface area contributed by atoms with E-state index in [1.807, 2.05) is 32.0 Å². The van der Waals surface area contributed by atoms with E-state index in [0.29, 0.717) is 5.56 Å². The number of methoxy groups -OCH3 is 1. The summed E-state index contributed by atoms with van der Waals surface area (Å²) >= 11 is 3.27. The lowest BCUT2D eigenvalue weighted by Crippen LogP contribution is -2.11. The molecule has 1 atom stereocenters. The third-order valence-electron chi connectivity index (χ3n) is 2.13. The van der Waals surface area contributed by atoms with Gasteiger partial charge in [-0.3, -0.25) is 4.79 Å². The summed E-state index contributed by atoms with van der Waals surface area (Å²) in [6.45, 7) is 3.71. The number of hydrogen-bond acceptors (Lipinski definition) is 2. The first-order valence-corrected chi connectivity index (χ1v) is 5.31. The Kier molecular flexibility index (Phi) is 3.69. The van der Waals surface area contributed by atoms with E-state index in [0.717, 1.165) is 11.3 Å². The topological polar surface area (TPSA) is 26.3 Å². The molecule has 0 N–H and O–H groups in total. The third-order valence-corrected chi connectivity index (χ3v) is 2.55. The van der Waals surface area contributed by atoms with Crippen LogP contribution in [0.15, 0.2) is 18.2 Å². The molecular formula is C11H13BrO2. The number of carbonyl (C=O) groups is 1. The molecule has 76 valence electrons. The number of carbonyl (C=O) groups excluding carboxylic acids is 1. The second-order valence-electron chi connectivity index (χ2n) is 3.11. The van der Waals surface area contributed by atoms with Crippen molar-refractivity contribution >= 4 is 21.7 Å². The Morgan fingerprint density at radius 3 is 2.64 bits per heavy atom. The van der Waals surface area contributed by atoms with E-state index in [1.54, 1.807) is 7.11 Å². The number of rotatable bonds is 3. The molecule has 0 aliphatic heterocycles. The molecule has 1 unspecified atom stereocenters. The summed E-state index contributed by atoms with van der Waals surface area (Å²) in [4.78, 5) is 11.6. The first kappa shape index (κ1) is 11.2. The summed E-state index contributed by atoms with van der Waals surface area (Å²) in [6.07, 6.45) is 0. The molecule has 0 radical (unpaired) electrons. The monoisotopic (exact) mass is 256 g/mol. The van der Waals surface area contributed by atoms with Gasteiger partial charge in [0.15, 0.2) is 5.78 Å².